The van der Waals surface area contributed by atoms with Gasteiger partial charge in [-0.3, -0.25) is 9.59 Å². The van der Waals surface area contributed by atoms with Crippen LogP contribution in [0.3, 0.4) is 0 Å². The van der Waals surface area contributed by atoms with Crippen LogP contribution >= 0.6 is 0 Å². The van der Waals surface area contributed by atoms with Gasteiger partial charge in [0.05, 0.1) is 5.69 Å². The van der Waals surface area contributed by atoms with E-state index in [1.54, 1.807) is 6.92 Å². The molecule has 0 bridgehead atoms. The van der Waals surface area contributed by atoms with E-state index in [9.17, 15) is 9.59 Å². The van der Waals surface area contributed by atoms with Gasteiger partial charge < -0.3 is 10.1 Å². The fourth-order valence-electron chi connectivity index (χ4n) is 1.48. The topological polar surface area (TPSA) is 70.2 Å². The Kier molecular flexibility index (Phi) is 5.11. The third-order valence-electron chi connectivity index (χ3n) is 2.37. The summed E-state index contributed by atoms with van der Waals surface area (Å²) in [4.78, 5) is 23.6. The number of nitrogens with one attached hydrogen (secondary N) is 1. The molecule has 0 saturated heterocycles. The van der Waals surface area contributed by atoms with Crippen molar-refractivity contribution in [2.24, 2.45) is 0 Å². The normalized spacial score (nSPS) is 9.67. The lowest BCUT2D eigenvalue weighted by Crippen LogP contribution is -1.90. The molecule has 0 unspecified atom stereocenters. The first-order valence-electron chi connectivity index (χ1n) is 5.85. The van der Waals surface area contributed by atoms with Gasteiger partial charge in [0.25, 0.3) is 0 Å². The van der Waals surface area contributed by atoms with Crippen LogP contribution in [0, 0.1) is 0 Å². The highest BCUT2D eigenvalue weighted by Crippen LogP contribution is 2.14. The van der Waals surface area contributed by atoms with E-state index < -0.39 is 5.97 Å². The second-order valence-corrected chi connectivity index (χ2v) is 3.97. The highest BCUT2D eigenvalue weighted by Gasteiger charge is 2.02. The summed E-state index contributed by atoms with van der Waals surface area (Å²) in [6.45, 7) is 3.40. The van der Waals surface area contributed by atoms with Gasteiger partial charge in [-0.15, -0.1) is 0 Å². The molecular weight excluding hydrogens is 230 g/mol. The number of carboxylic acid groups (broad SMARTS) is 1. The maximum absolute atomic E-state index is 11.0. The second-order valence-electron chi connectivity index (χ2n) is 3.97. The summed E-state index contributed by atoms with van der Waals surface area (Å²) in [7, 11) is 0. The van der Waals surface area contributed by atoms with Crippen LogP contribution in [0.4, 0.5) is 0 Å². The molecule has 0 saturated carbocycles. The van der Waals surface area contributed by atoms with Crippen LogP contribution in [0.15, 0.2) is 30.3 Å². The summed E-state index contributed by atoms with van der Waals surface area (Å²) in [6.07, 6.45) is 1.02. The van der Waals surface area contributed by atoms with Crippen LogP contribution in [-0.2, 0) is 4.79 Å². The summed E-state index contributed by atoms with van der Waals surface area (Å²) in [5, 5.41) is 9.00. The molecule has 0 aliphatic heterocycles. The van der Waals surface area contributed by atoms with Crippen molar-refractivity contribution < 1.29 is 14.7 Å². The molecule has 2 N–H and O–H groups in total. The molecule has 2 aromatic rings. The lowest BCUT2D eigenvalue weighted by molar-refractivity contribution is -0.137. The summed E-state index contributed by atoms with van der Waals surface area (Å²) >= 11 is 0. The number of Topliss-reactive ketones (excluding diaryl/α,β-unsaturated/α-hetero) is 1. The number of ketones is 1. The molecule has 0 atom stereocenters. The lowest BCUT2D eigenvalue weighted by atomic mass is 10.2. The molecule has 1 aromatic carbocycles. The Morgan fingerprint density at radius 3 is 2.39 bits per heavy atom. The van der Waals surface area contributed by atoms with Gasteiger partial charge in [-0.25, -0.2) is 0 Å². The Balaban J connectivity index is 0.000000232. The monoisotopic (exact) mass is 247 g/mol. The maximum Gasteiger partial charge on any atom is 0.303 e. The minimum absolute atomic E-state index is 0.0752. The van der Waals surface area contributed by atoms with Crippen LogP contribution in [-0.4, -0.2) is 21.8 Å². The number of H-pyrrole nitrogens is 1. The number of hydrogen-bond acceptors (Lipinski definition) is 2. The van der Waals surface area contributed by atoms with Crippen molar-refractivity contribution in [3.63, 3.8) is 0 Å². The molecule has 0 aliphatic rings. The predicted molar refractivity (Wildman–Crippen MR) is 70.8 cm³/mol. The molecule has 0 aliphatic carbocycles. The van der Waals surface area contributed by atoms with E-state index in [1.165, 1.54) is 0 Å². The molecular formula is C14H17NO3. The van der Waals surface area contributed by atoms with Gasteiger partial charge in [0.1, 0.15) is 0 Å². The molecule has 4 heteroatoms. The molecule has 96 valence electrons. The summed E-state index contributed by atoms with van der Waals surface area (Å²) in [6, 6.07) is 9.72. The predicted octanol–water partition coefficient (Wildman–Crippen LogP) is 3.24. The zero-order valence-corrected chi connectivity index (χ0v) is 10.6. The Labute approximate surface area is 106 Å². The molecule has 0 radical (unpaired) electrons. The highest BCUT2D eigenvalue weighted by molar-refractivity contribution is 5.97. The average Bonchev–Trinajstić information content (AvgIpc) is 2.73. The first-order valence-corrected chi connectivity index (χ1v) is 5.85. The number of aliphatic carboxylic acids is 1. The number of aromatic amines is 1. The van der Waals surface area contributed by atoms with E-state index >= 15 is 0 Å². The van der Waals surface area contributed by atoms with Crippen LogP contribution in [0.5, 0.6) is 0 Å². The smallest absolute Gasteiger partial charge is 0.303 e. The van der Waals surface area contributed by atoms with Crippen molar-refractivity contribution in [3.05, 3.63) is 36.0 Å². The minimum atomic E-state index is -0.711. The number of rotatable bonds is 3. The SMILES string of the molecule is CC(=O)c1cc2ccccc2[nH]1.CCCC(=O)O. The molecule has 1 heterocycles. The van der Waals surface area contributed by atoms with E-state index in [0.717, 1.165) is 17.3 Å². The Morgan fingerprint density at radius 1 is 1.28 bits per heavy atom. The number of benzene rings is 1. The average molecular weight is 247 g/mol. The Morgan fingerprint density at radius 2 is 1.94 bits per heavy atom. The fraction of sp³-hybridized carbons (Fsp3) is 0.286. The van der Waals surface area contributed by atoms with E-state index in [0.29, 0.717) is 12.1 Å². The van der Waals surface area contributed by atoms with Crippen LogP contribution in [0.1, 0.15) is 37.2 Å². The molecule has 1 aromatic heterocycles. The zero-order valence-electron chi connectivity index (χ0n) is 10.6. The van der Waals surface area contributed by atoms with Crippen molar-refractivity contribution in [3.8, 4) is 0 Å². The molecule has 0 spiro atoms. The van der Waals surface area contributed by atoms with Crippen LogP contribution < -0.4 is 0 Å². The third kappa shape index (κ3) is 4.05. The quantitative estimate of drug-likeness (QED) is 0.818. The fourth-order valence-corrected chi connectivity index (χ4v) is 1.48. The second kappa shape index (κ2) is 6.59. The van der Waals surface area contributed by atoms with Gasteiger partial charge in [-0.05, 0) is 18.6 Å². The maximum atomic E-state index is 11.0. The number of para-hydroxylation sites is 1. The number of carbonyl (C=O) groups is 2. The number of carbonyl (C=O) groups excluding carboxylic acids is 1. The number of aromatic nitrogens is 1. The zero-order chi connectivity index (χ0) is 13.5. The van der Waals surface area contributed by atoms with Crippen LogP contribution in [0.25, 0.3) is 10.9 Å². The van der Waals surface area contributed by atoms with E-state index in [4.69, 9.17) is 5.11 Å². The third-order valence-corrected chi connectivity index (χ3v) is 2.37. The minimum Gasteiger partial charge on any atom is -0.481 e. The van der Waals surface area contributed by atoms with Crippen LogP contribution in [0.2, 0.25) is 0 Å². The summed E-state index contributed by atoms with van der Waals surface area (Å²) in [5.41, 5.74) is 1.69. The first kappa shape index (κ1) is 14.0. The Bertz CT molecular complexity index is 510. The molecule has 4 nitrogen and oxygen atoms in total. The Hall–Kier alpha value is -2.10. The molecule has 2 rings (SSSR count). The van der Waals surface area contributed by atoms with Gasteiger partial charge in [-0.2, -0.15) is 0 Å². The number of fused-ring (bicyclic) bond motifs is 1. The van der Waals surface area contributed by atoms with E-state index in [-0.39, 0.29) is 5.78 Å². The van der Waals surface area contributed by atoms with Gasteiger partial charge in [-0.1, -0.05) is 25.1 Å². The van der Waals surface area contributed by atoms with Crippen molar-refractivity contribution in [2.75, 3.05) is 0 Å². The van der Waals surface area contributed by atoms with Gasteiger partial charge >= 0.3 is 5.97 Å². The number of carboxylic acids is 1. The van der Waals surface area contributed by atoms with Gasteiger partial charge in [0.15, 0.2) is 5.78 Å². The number of hydrogen-bond donors (Lipinski definition) is 2. The van der Waals surface area contributed by atoms with Crippen molar-refractivity contribution >= 4 is 22.7 Å². The van der Waals surface area contributed by atoms with Crippen molar-refractivity contribution in [1.29, 1.82) is 0 Å². The largest absolute Gasteiger partial charge is 0.481 e. The molecule has 18 heavy (non-hydrogen) atoms. The van der Waals surface area contributed by atoms with Gasteiger partial charge in [0.2, 0.25) is 0 Å². The molecule has 0 fully saturated rings. The first-order chi connectivity index (χ1) is 8.54. The summed E-state index contributed by atoms with van der Waals surface area (Å²) in [5.74, 6) is -0.635. The molecule has 0 amide bonds. The van der Waals surface area contributed by atoms with Crippen molar-refractivity contribution in [1.82, 2.24) is 4.98 Å². The highest BCUT2D eigenvalue weighted by atomic mass is 16.4. The standard InChI is InChI=1S/C10H9NO.C4H8O2/c1-7(12)10-6-8-4-2-3-5-9(8)11-10;1-2-3-4(5)6/h2-6,11H,1H3;2-3H2,1H3,(H,5,6). The lowest BCUT2D eigenvalue weighted by Gasteiger charge is -1.85. The van der Waals surface area contributed by atoms with Gasteiger partial charge in [0, 0.05) is 24.2 Å². The van der Waals surface area contributed by atoms with Crippen molar-refractivity contribution in [2.45, 2.75) is 26.7 Å². The summed E-state index contributed by atoms with van der Waals surface area (Å²) < 4.78 is 0. The van der Waals surface area contributed by atoms with E-state index in [2.05, 4.69) is 4.98 Å². The van der Waals surface area contributed by atoms with E-state index in [1.807, 2.05) is 37.3 Å².